The first-order valence-corrected chi connectivity index (χ1v) is 18.5. The quantitative estimate of drug-likeness (QED) is 0.185. The van der Waals surface area contributed by atoms with Crippen LogP contribution < -0.4 is 0 Å². The van der Waals surface area contributed by atoms with Crippen molar-refractivity contribution in [2.24, 2.45) is 17.8 Å². The standard InChI is InChI=1S/C45H46N4/c1-30-24-32-25-31(2)27-45(26-30,28-32)38-22-20-36(21-23-38)43-47-42(35-18-16-34(17-19-35)33-10-4-3-5-11-33)48-44(49-43)41-15-9-8-14-40(41)39-13-7-6-12-37(39)29-46/h6-9,12-23,30-33H,3-5,10-11,24-28H2,1-2H3/t30-,31+,32?,45?. The Hall–Kier alpha value is -4.62. The first-order chi connectivity index (χ1) is 24.0. The fourth-order valence-electron chi connectivity index (χ4n) is 9.85. The molecule has 0 radical (unpaired) electrons. The molecule has 4 nitrogen and oxygen atoms in total. The van der Waals surface area contributed by atoms with Gasteiger partial charge in [-0.15, -0.1) is 0 Å². The summed E-state index contributed by atoms with van der Waals surface area (Å²) in [5.41, 5.74) is 8.52. The topological polar surface area (TPSA) is 62.5 Å². The molecule has 2 bridgehead atoms. The van der Waals surface area contributed by atoms with Crippen molar-refractivity contribution >= 4 is 0 Å². The zero-order valence-corrected chi connectivity index (χ0v) is 28.9. The predicted octanol–water partition coefficient (Wildman–Crippen LogP) is 11.6. The Labute approximate surface area is 291 Å². The first kappa shape index (κ1) is 31.6. The zero-order chi connectivity index (χ0) is 33.4. The average molecular weight is 643 g/mol. The van der Waals surface area contributed by atoms with Crippen LogP contribution >= 0.6 is 0 Å². The van der Waals surface area contributed by atoms with Gasteiger partial charge in [-0.2, -0.15) is 5.26 Å². The van der Waals surface area contributed by atoms with E-state index >= 15 is 0 Å². The molecule has 0 amide bonds. The first-order valence-electron chi connectivity index (χ1n) is 18.5. The van der Waals surface area contributed by atoms with E-state index in [9.17, 15) is 5.26 Å². The number of benzene rings is 4. The fourth-order valence-corrected chi connectivity index (χ4v) is 9.85. The molecule has 49 heavy (non-hydrogen) atoms. The summed E-state index contributed by atoms with van der Waals surface area (Å²) < 4.78 is 0. The van der Waals surface area contributed by atoms with Crippen LogP contribution in [0.3, 0.4) is 0 Å². The van der Waals surface area contributed by atoms with Crippen molar-refractivity contribution in [1.82, 2.24) is 15.0 Å². The van der Waals surface area contributed by atoms with Gasteiger partial charge in [-0.3, -0.25) is 0 Å². The van der Waals surface area contributed by atoms with Gasteiger partial charge in [0, 0.05) is 22.3 Å². The van der Waals surface area contributed by atoms with Gasteiger partial charge < -0.3 is 0 Å². The molecule has 5 aromatic rings. The molecule has 0 N–H and O–H groups in total. The van der Waals surface area contributed by atoms with E-state index in [1.54, 1.807) is 0 Å². The predicted molar refractivity (Wildman–Crippen MR) is 199 cm³/mol. The highest BCUT2D eigenvalue weighted by atomic mass is 15.0. The van der Waals surface area contributed by atoms with Gasteiger partial charge >= 0.3 is 0 Å². The van der Waals surface area contributed by atoms with E-state index in [1.165, 1.54) is 75.3 Å². The third-order valence-electron chi connectivity index (χ3n) is 11.8. The molecule has 4 heteroatoms. The van der Waals surface area contributed by atoms with Gasteiger partial charge in [-0.25, -0.2) is 15.0 Å². The molecule has 3 saturated carbocycles. The fraction of sp³-hybridized carbons (Fsp3) is 0.378. The summed E-state index contributed by atoms with van der Waals surface area (Å²) in [6.07, 6.45) is 13.2. The minimum atomic E-state index is 0.279. The second-order valence-electron chi connectivity index (χ2n) is 15.5. The molecule has 8 rings (SSSR count). The Kier molecular flexibility index (Phi) is 8.62. The van der Waals surface area contributed by atoms with Gasteiger partial charge in [-0.05, 0) is 96.8 Å². The number of nitriles is 1. The van der Waals surface area contributed by atoms with E-state index in [2.05, 4.69) is 80.6 Å². The van der Waals surface area contributed by atoms with Crippen LogP contribution in [-0.4, -0.2) is 15.0 Å². The number of rotatable bonds is 6. The molecule has 2 unspecified atom stereocenters. The van der Waals surface area contributed by atoms with Crippen LogP contribution in [0.2, 0.25) is 0 Å². The van der Waals surface area contributed by atoms with Crippen LogP contribution in [0.15, 0.2) is 97.1 Å². The number of hydrogen-bond donors (Lipinski definition) is 0. The van der Waals surface area contributed by atoms with Gasteiger partial charge in [0.1, 0.15) is 0 Å². The summed E-state index contributed by atoms with van der Waals surface area (Å²) in [6, 6.07) is 36.4. The summed E-state index contributed by atoms with van der Waals surface area (Å²) in [7, 11) is 0. The normalized spacial score (nSPS) is 23.9. The largest absolute Gasteiger partial charge is 0.208 e. The lowest BCUT2D eigenvalue weighted by molar-refractivity contribution is 0.0780. The molecule has 3 aliphatic carbocycles. The molecule has 0 aliphatic heterocycles. The lowest BCUT2D eigenvalue weighted by atomic mass is 9.54. The van der Waals surface area contributed by atoms with Crippen molar-refractivity contribution in [1.29, 1.82) is 5.26 Å². The number of hydrogen-bond acceptors (Lipinski definition) is 4. The van der Waals surface area contributed by atoms with Crippen molar-refractivity contribution in [3.63, 3.8) is 0 Å². The second-order valence-corrected chi connectivity index (χ2v) is 15.5. The molecule has 0 spiro atoms. The van der Waals surface area contributed by atoms with Gasteiger partial charge in [0.2, 0.25) is 0 Å². The summed E-state index contributed by atoms with van der Waals surface area (Å²) in [4.78, 5) is 15.4. The Morgan fingerprint density at radius 1 is 0.592 bits per heavy atom. The molecule has 3 aliphatic rings. The third kappa shape index (κ3) is 6.32. The Bertz CT molecular complexity index is 1960. The maximum Gasteiger partial charge on any atom is 0.164 e. The SMILES string of the molecule is C[C@@H]1CC2C[C@H](C)CC(c3ccc(-c4nc(-c5ccc(C6CCCCC6)cc5)nc(-c5ccccc5-c5ccccc5C#N)n4)cc3)(C2)C1. The number of fused-ring (bicyclic) bond motifs is 2. The highest BCUT2D eigenvalue weighted by Gasteiger charge is 2.45. The maximum absolute atomic E-state index is 9.95. The van der Waals surface area contributed by atoms with E-state index < -0.39 is 0 Å². The third-order valence-corrected chi connectivity index (χ3v) is 11.8. The highest BCUT2D eigenvalue weighted by molar-refractivity contribution is 5.84. The van der Waals surface area contributed by atoms with Crippen LogP contribution in [0.5, 0.6) is 0 Å². The molecule has 246 valence electrons. The van der Waals surface area contributed by atoms with Gasteiger partial charge in [0.15, 0.2) is 17.5 Å². The van der Waals surface area contributed by atoms with Crippen LogP contribution in [-0.2, 0) is 5.41 Å². The molecule has 1 aromatic heterocycles. The van der Waals surface area contributed by atoms with Gasteiger partial charge in [0.05, 0.1) is 11.6 Å². The second kappa shape index (κ2) is 13.4. The summed E-state index contributed by atoms with van der Waals surface area (Å²) >= 11 is 0. The number of nitrogens with zero attached hydrogens (tertiary/aromatic N) is 4. The lowest BCUT2D eigenvalue weighted by Gasteiger charge is -2.50. The van der Waals surface area contributed by atoms with Crippen LogP contribution in [0.1, 0.15) is 101 Å². The zero-order valence-electron chi connectivity index (χ0n) is 28.9. The summed E-state index contributed by atoms with van der Waals surface area (Å²) in [5.74, 6) is 5.00. The Balaban J connectivity index is 1.22. The van der Waals surface area contributed by atoms with E-state index in [4.69, 9.17) is 15.0 Å². The maximum atomic E-state index is 9.95. The molecule has 4 atom stereocenters. The molecule has 3 fully saturated rings. The molecular formula is C45H46N4. The van der Waals surface area contributed by atoms with Crippen LogP contribution in [0.4, 0.5) is 0 Å². The monoisotopic (exact) mass is 642 g/mol. The average Bonchev–Trinajstić information content (AvgIpc) is 3.14. The van der Waals surface area contributed by atoms with E-state index in [0.717, 1.165) is 45.6 Å². The molecule has 4 aromatic carbocycles. The molecule has 1 heterocycles. The Morgan fingerprint density at radius 2 is 1.14 bits per heavy atom. The van der Waals surface area contributed by atoms with Gasteiger partial charge in [0.25, 0.3) is 0 Å². The van der Waals surface area contributed by atoms with E-state index in [-0.39, 0.29) is 5.41 Å². The minimum Gasteiger partial charge on any atom is -0.208 e. The molecule has 0 saturated heterocycles. The van der Waals surface area contributed by atoms with Gasteiger partial charge in [-0.1, -0.05) is 124 Å². The summed E-state index contributed by atoms with van der Waals surface area (Å²) in [6.45, 7) is 4.90. The van der Waals surface area contributed by atoms with Crippen molar-refractivity contribution in [3.05, 3.63) is 114 Å². The van der Waals surface area contributed by atoms with Crippen molar-refractivity contribution < 1.29 is 0 Å². The van der Waals surface area contributed by atoms with E-state index in [0.29, 0.717) is 29.0 Å². The smallest absolute Gasteiger partial charge is 0.164 e. The van der Waals surface area contributed by atoms with E-state index in [1.807, 2.05) is 36.4 Å². The van der Waals surface area contributed by atoms with Crippen LogP contribution in [0.25, 0.3) is 45.3 Å². The lowest BCUT2D eigenvalue weighted by Crippen LogP contribution is -2.42. The number of aromatic nitrogens is 3. The molecular weight excluding hydrogens is 597 g/mol. The van der Waals surface area contributed by atoms with Crippen molar-refractivity contribution in [3.8, 4) is 51.4 Å². The van der Waals surface area contributed by atoms with Crippen molar-refractivity contribution in [2.75, 3.05) is 0 Å². The van der Waals surface area contributed by atoms with Crippen molar-refractivity contribution in [2.45, 2.75) is 89.4 Å². The summed E-state index contributed by atoms with van der Waals surface area (Å²) in [5, 5.41) is 9.95. The highest BCUT2D eigenvalue weighted by Crippen LogP contribution is 2.54. The van der Waals surface area contributed by atoms with Crippen LogP contribution in [0, 0.1) is 29.1 Å². The Morgan fingerprint density at radius 3 is 1.78 bits per heavy atom. The minimum absolute atomic E-state index is 0.279.